The van der Waals surface area contributed by atoms with Crippen LogP contribution in [0.1, 0.15) is 0 Å². The van der Waals surface area contributed by atoms with Gasteiger partial charge in [0.2, 0.25) is 0 Å². The molecule has 1 fully saturated rings. The minimum Gasteiger partial charge on any atom is -0.497 e. The van der Waals surface area contributed by atoms with Crippen molar-refractivity contribution in [3.05, 3.63) is 54.1 Å². The molecule has 0 aromatic heterocycles. The molecule has 5 nitrogen and oxygen atoms in total. The van der Waals surface area contributed by atoms with Crippen LogP contribution in [0.5, 0.6) is 5.75 Å². The Hall–Kier alpha value is -2.83. The third-order valence-electron chi connectivity index (χ3n) is 4.18. The number of carbonyl (C=O) groups excluding carboxylic acids is 1. The number of benzene rings is 2. The van der Waals surface area contributed by atoms with Gasteiger partial charge in [-0.25, -0.2) is 13.6 Å². The van der Waals surface area contributed by atoms with Crippen LogP contribution in [-0.2, 0) is 0 Å². The second kappa shape index (κ2) is 7.38. The van der Waals surface area contributed by atoms with E-state index < -0.39 is 23.4 Å². The number of carbonyl (C=O) groups is 1. The van der Waals surface area contributed by atoms with Crippen molar-refractivity contribution in [1.29, 1.82) is 0 Å². The van der Waals surface area contributed by atoms with Gasteiger partial charge in [0.25, 0.3) is 0 Å². The Balaban J connectivity index is 1.61. The molecule has 25 heavy (non-hydrogen) atoms. The minimum atomic E-state index is -0.789. The van der Waals surface area contributed by atoms with Crippen LogP contribution in [0.15, 0.2) is 42.5 Å². The monoisotopic (exact) mass is 347 g/mol. The number of hydrogen-bond acceptors (Lipinski definition) is 3. The fraction of sp³-hybridized carbons (Fsp3) is 0.278. The van der Waals surface area contributed by atoms with Crippen molar-refractivity contribution in [2.24, 2.45) is 0 Å². The van der Waals surface area contributed by atoms with Crippen LogP contribution in [0, 0.1) is 11.6 Å². The molecule has 7 heteroatoms. The van der Waals surface area contributed by atoms with Gasteiger partial charge in [0, 0.05) is 37.9 Å². The van der Waals surface area contributed by atoms with Gasteiger partial charge < -0.3 is 19.9 Å². The Morgan fingerprint density at radius 2 is 1.68 bits per heavy atom. The third kappa shape index (κ3) is 3.81. The molecule has 0 radical (unpaired) electrons. The molecule has 2 amide bonds. The smallest absolute Gasteiger partial charge is 0.322 e. The number of urea groups is 1. The second-order valence-electron chi connectivity index (χ2n) is 5.70. The lowest BCUT2D eigenvalue weighted by molar-refractivity contribution is 0.208. The molecule has 2 aromatic carbocycles. The molecule has 1 aliphatic heterocycles. The molecule has 1 saturated heterocycles. The summed E-state index contributed by atoms with van der Waals surface area (Å²) >= 11 is 0. The van der Waals surface area contributed by atoms with Crippen LogP contribution < -0.4 is 15.0 Å². The fourth-order valence-electron chi connectivity index (χ4n) is 2.78. The molecule has 0 spiro atoms. The number of halogens is 2. The molecule has 1 aliphatic rings. The van der Waals surface area contributed by atoms with Crippen molar-refractivity contribution >= 4 is 17.4 Å². The number of ether oxygens (including phenoxy) is 1. The molecule has 1 heterocycles. The third-order valence-corrected chi connectivity index (χ3v) is 4.18. The van der Waals surface area contributed by atoms with E-state index in [0.717, 1.165) is 23.6 Å². The first-order chi connectivity index (χ1) is 12.1. The quantitative estimate of drug-likeness (QED) is 0.926. The Kier molecular flexibility index (Phi) is 5.02. The summed E-state index contributed by atoms with van der Waals surface area (Å²) in [7, 11) is 1.61. The summed E-state index contributed by atoms with van der Waals surface area (Å²) in [5.74, 6) is -0.806. The number of methoxy groups -OCH3 is 1. The van der Waals surface area contributed by atoms with Crippen molar-refractivity contribution < 1.29 is 18.3 Å². The van der Waals surface area contributed by atoms with Gasteiger partial charge in [0.15, 0.2) is 0 Å². The molecule has 2 aromatic rings. The predicted molar refractivity (Wildman–Crippen MR) is 92.2 cm³/mol. The van der Waals surface area contributed by atoms with Crippen molar-refractivity contribution in [3.8, 4) is 5.75 Å². The molecule has 0 saturated carbocycles. The van der Waals surface area contributed by atoms with Crippen LogP contribution in [0.25, 0.3) is 0 Å². The normalized spacial score (nSPS) is 14.4. The van der Waals surface area contributed by atoms with Crippen LogP contribution in [0.2, 0.25) is 0 Å². The van der Waals surface area contributed by atoms with Gasteiger partial charge in [-0.05, 0) is 24.3 Å². The highest BCUT2D eigenvalue weighted by Gasteiger charge is 2.23. The summed E-state index contributed by atoms with van der Waals surface area (Å²) in [4.78, 5) is 15.9. The van der Waals surface area contributed by atoms with E-state index >= 15 is 0 Å². The molecule has 1 N–H and O–H groups in total. The van der Waals surface area contributed by atoms with Crippen molar-refractivity contribution in [1.82, 2.24) is 4.90 Å². The number of nitrogens with one attached hydrogen (secondary N) is 1. The van der Waals surface area contributed by atoms with Gasteiger partial charge in [0.1, 0.15) is 23.1 Å². The first kappa shape index (κ1) is 17.0. The number of hydrogen-bond donors (Lipinski definition) is 1. The van der Waals surface area contributed by atoms with Crippen LogP contribution >= 0.6 is 0 Å². The molecule has 0 atom stereocenters. The highest BCUT2D eigenvalue weighted by molar-refractivity contribution is 5.89. The average molecular weight is 347 g/mol. The SMILES string of the molecule is COc1cccc(N2CCN(C(=O)Nc3c(F)cccc3F)CC2)c1. The Bertz CT molecular complexity index is 741. The summed E-state index contributed by atoms with van der Waals surface area (Å²) in [5, 5.41) is 2.32. The topological polar surface area (TPSA) is 44.8 Å². The van der Waals surface area contributed by atoms with E-state index in [2.05, 4.69) is 10.2 Å². The maximum Gasteiger partial charge on any atom is 0.322 e. The van der Waals surface area contributed by atoms with E-state index in [0.29, 0.717) is 26.2 Å². The number of nitrogens with zero attached hydrogens (tertiary/aromatic N) is 2. The van der Waals surface area contributed by atoms with Crippen LogP contribution in [0.3, 0.4) is 0 Å². The number of para-hydroxylation sites is 1. The Morgan fingerprint density at radius 3 is 2.32 bits per heavy atom. The van der Waals surface area contributed by atoms with Gasteiger partial charge in [-0.2, -0.15) is 0 Å². The van der Waals surface area contributed by atoms with E-state index in [-0.39, 0.29) is 0 Å². The zero-order chi connectivity index (χ0) is 17.8. The number of amides is 2. The van der Waals surface area contributed by atoms with Gasteiger partial charge in [-0.3, -0.25) is 0 Å². The van der Waals surface area contributed by atoms with Crippen molar-refractivity contribution in [3.63, 3.8) is 0 Å². The fourth-order valence-corrected chi connectivity index (χ4v) is 2.78. The maximum absolute atomic E-state index is 13.6. The van der Waals surface area contributed by atoms with E-state index in [1.165, 1.54) is 6.07 Å². The second-order valence-corrected chi connectivity index (χ2v) is 5.70. The van der Waals surface area contributed by atoms with E-state index in [4.69, 9.17) is 4.74 Å². The maximum atomic E-state index is 13.6. The number of piperazine rings is 1. The standard InChI is InChI=1S/C18H19F2N3O2/c1-25-14-5-2-4-13(12-14)22-8-10-23(11-9-22)18(24)21-17-15(19)6-3-7-16(17)20/h2-7,12H,8-11H2,1H3,(H,21,24). The minimum absolute atomic E-state index is 0.414. The molecule has 3 rings (SSSR count). The summed E-state index contributed by atoms with van der Waals surface area (Å²) in [6.07, 6.45) is 0. The molecule has 0 unspecified atom stereocenters. The van der Waals surface area contributed by atoms with Gasteiger partial charge >= 0.3 is 6.03 Å². The van der Waals surface area contributed by atoms with Gasteiger partial charge in [-0.1, -0.05) is 12.1 Å². The number of anilines is 2. The van der Waals surface area contributed by atoms with E-state index in [9.17, 15) is 13.6 Å². The lowest BCUT2D eigenvalue weighted by atomic mass is 10.2. The summed E-state index contributed by atoms with van der Waals surface area (Å²) in [5.41, 5.74) is 0.599. The lowest BCUT2D eigenvalue weighted by Gasteiger charge is -2.36. The lowest BCUT2D eigenvalue weighted by Crippen LogP contribution is -2.50. The molecule has 0 bridgehead atoms. The first-order valence-corrected chi connectivity index (χ1v) is 7.97. The van der Waals surface area contributed by atoms with E-state index in [1.807, 2.05) is 24.3 Å². The molecule has 0 aliphatic carbocycles. The van der Waals surface area contributed by atoms with Crippen molar-refractivity contribution in [2.45, 2.75) is 0 Å². The zero-order valence-electron chi connectivity index (χ0n) is 13.8. The highest BCUT2D eigenvalue weighted by atomic mass is 19.1. The Morgan fingerprint density at radius 1 is 1.04 bits per heavy atom. The van der Waals surface area contributed by atoms with E-state index in [1.54, 1.807) is 12.0 Å². The highest BCUT2D eigenvalue weighted by Crippen LogP contribution is 2.23. The predicted octanol–water partition coefficient (Wildman–Crippen LogP) is 3.33. The molecule has 132 valence electrons. The zero-order valence-corrected chi connectivity index (χ0v) is 13.8. The van der Waals surface area contributed by atoms with Crippen molar-refractivity contribution in [2.75, 3.05) is 43.5 Å². The number of rotatable bonds is 3. The summed E-state index contributed by atoms with van der Waals surface area (Å²) in [6.45, 7) is 2.17. The Labute approximate surface area is 144 Å². The van der Waals surface area contributed by atoms with Crippen LogP contribution in [-0.4, -0.2) is 44.2 Å². The summed E-state index contributed by atoms with van der Waals surface area (Å²) < 4.78 is 32.5. The average Bonchev–Trinajstić information content (AvgIpc) is 2.65. The first-order valence-electron chi connectivity index (χ1n) is 7.97. The molecular formula is C18H19F2N3O2. The van der Waals surface area contributed by atoms with Gasteiger partial charge in [0.05, 0.1) is 7.11 Å². The van der Waals surface area contributed by atoms with Gasteiger partial charge in [-0.15, -0.1) is 0 Å². The largest absolute Gasteiger partial charge is 0.497 e. The molecular weight excluding hydrogens is 328 g/mol. The summed E-state index contributed by atoms with van der Waals surface area (Å²) in [6, 6.07) is 10.7. The van der Waals surface area contributed by atoms with Crippen LogP contribution in [0.4, 0.5) is 25.0 Å².